The van der Waals surface area contributed by atoms with Gasteiger partial charge in [-0.3, -0.25) is 14.5 Å². The number of hydrogen-bond donors (Lipinski definition) is 1. The SMILES string of the molecule is CCOC(=O)c1ccc(NC(=O)C[C@H]2C(=O)N(c3ccc(OC)cc3)C(=S)N2Cc2cc(F)c(F)c(F)c2F)cc1. The number of methoxy groups -OCH3 is 1. The number of esters is 1. The van der Waals surface area contributed by atoms with Gasteiger partial charge in [0.25, 0.3) is 5.91 Å². The predicted octanol–water partition coefficient (Wildman–Crippen LogP) is 4.96. The van der Waals surface area contributed by atoms with E-state index < -0.39 is 65.6 Å². The number of anilines is 2. The number of hydrogen-bond acceptors (Lipinski definition) is 6. The minimum absolute atomic E-state index is 0.165. The molecule has 3 aromatic rings. The molecular formula is C28H23F4N3O5S. The number of benzene rings is 3. The Bertz CT molecular complexity index is 1500. The largest absolute Gasteiger partial charge is 0.497 e. The maximum absolute atomic E-state index is 14.6. The van der Waals surface area contributed by atoms with Crippen LogP contribution in [0.25, 0.3) is 0 Å². The number of nitrogens with one attached hydrogen (secondary N) is 1. The van der Waals surface area contributed by atoms with E-state index >= 15 is 0 Å². The lowest BCUT2D eigenvalue weighted by molar-refractivity contribution is -0.124. The highest BCUT2D eigenvalue weighted by molar-refractivity contribution is 7.80. The zero-order valence-electron chi connectivity index (χ0n) is 21.8. The van der Waals surface area contributed by atoms with Crippen molar-refractivity contribution in [3.8, 4) is 5.75 Å². The number of rotatable bonds is 9. The molecule has 0 saturated carbocycles. The topological polar surface area (TPSA) is 88.2 Å². The molecule has 13 heteroatoms. The minimum Gasteiger partial charge on any atom is -0.497 e. The molecule has 1 heterocycles. The van der Waals surface area contributed by atoms with E-state index in [1.54, 1.807) is 19.1 Å². The van der Waals surface area contributed by atoms with Crippen molar-refractivity contribution in [2.45, 2.75) is 25.9 Å². The van der Waals surface area contributed by atoms with Crippen molar-refractivity contribution in [2.75, 3.05) is 23.9 Å². The first-order chi connectivity index (χ1) is 19.5. The fourth-order valence-corrected chi connectivity index (χ4v) is 4.58. The summed E-state index contributed by atoms with van der Waals surface area (Å²) in [5.41, 5.74) is 0.278. The molecule has 0 aliphatic carbocycles. The summed E-state index contributed by atoms with van der Waals surface area (Å²) in [6.07, 6.45) is -0.487. The molecule has 1 atom stereocenters. The van der Waals surface area contributed by atoms with E-state index in [0.29, 0.717) is 23.2 Å². The Kier molecular flexibility index (Phi) is 8.86. The lowest BCUT2D eigenvalue weighted by Crippen LogP contribution is -2.37. The van der Waals surface area contributed by atoms with Crippen LogP contribution in [0.4, 0.5) is 28.9 Å². The molecule has 0 spiro atoms. The molecule has 41 heavy (non-hydrogen) atoms. The van der Waals surface area contributed by atoms with Crippen molar-refractivity contribution < 1.29 is 41.4 Å². The molecule has 1 N–H and O–H groups in total. The molecule has 1 aliphatic rings. The third-order valence-electron chi connectivity index (χ3n) is 6.23. The minimum atomic E-state index is -2.01. The number of thiocarbonyl (C=S) groups is 1. The summed E-state index contributed by atoms with van der Waals surface area (Å²) in [6, 6.07) is 11.2. The molecule has 214 valence electrons. The van der Waals surface area contributed by atoms with E-state index in [-0.39, 0.29) is 17.3 Å². The Morgan fingerprint density at radius 1 is 0.976 bits per heavy atom. The van der Waals surface area contributed by atoms with Gasteiger partial charge in [0.15, 0.2) is 28.4 Å². The van der Waals surface area contributed by atoms with Crippen LogP contribution in [0, 0.1) is 23.3 Å². The first-order valence-corrected chi connectivity index (χ1v) is 12.6. The average molecular weight is 590 g/mol. The van der Waals surface area contributed by atoms with Crippen molar-refractivity contribution in [1.29, 1.82) is 0 Å². The van der Waals surface area contributed by atoms with Crippen molar-refractivity contribution >= 4 is 46.5 Å². The number of nitrogens with zero attached hydrogens (tertiary/aromatic N) is 2. The summed E-state index contributed by atoms with van der Waals surface area (Å²) in [4.78, 5) is 40.6. The van der Waals surface area contributed by atoms with Crippen molar-refractivity contribution in [1.82, 2.24) is 4.90 Å². The van der Waals surface area contributed by atoms with Crippen LogP contribution < -0.4 is 15.0 Å². The average Bonchev–Trinajstić information content (AvgIpc) is 3.18. The number of amides is 2. The van der Waals surface area contributed by atoms with Crippen LogP contribution in [-0.4, -0.2) is 47.6 Å². The first-order valence-electron chi connectivity index (χ1n) is 12.2. The monoisotopic (exact) mass is 589 g/mol. The Labute approximate surface area is 237 Å². The zero-order valence-corrected chi connectivity index (χ0v) is 22.6. The molecule has 0 bridgehead atoms. The quantitative estimate of drug-likeness (QED) is 0.124. The van der Waals surface area contributed by atoms with Crippen molar-refractivity contribution in [2.24, 2.45) is 0 Å². The van der Waals surface area contributed by atoms with Crippen LogP contribution in [0.15, 0.2) is 54.6 Å². The maximum atomic E-state index is 14.6. The van der Waals surface area contributed by atoms with Crippen LogP contribution in [0.5, 0.6) is 5.75 Å². The van der Waals surface area contributed by atoms with Gasteiger partial charge in [-0.05, 0) is 73.7 Å². The molecule has 3 aromatic carbocycles. The van der Waals surface area contributed by atoms with Gasteiger partial charge in [0.05, 0.1) is 31.4 Å². The van der Waals surface area contributed by atoms with Gasteiger partial charge in [-0.25, -0.2) is 22.4 Å². The molecule has 1 fully saturated rings. The Hall–Kier alpha value is -4.52. The van der Waals surface area contributed by atoms with E-state index in [4.69, 9.17) is 21.7 Å². The highest BCUT2D eigenvalue weighted by atomic mass is 32.1. The first kappa shape index (κ1) is 29.5. The van der Waals surface area contributed by atoms with Crippen LogP contribution >= 0.6 is 12.2 Å². The number of halogens is 4. The highest BCUT2D eigenvalue weighted by Crippen LogP contribution is 2.31. The lowest BCUT2D eigenvalue weighted by atomic mass is 10.1. The van der Waals surface area contributed by atoms with Crippen LogP contribution in [-0.2, 0) is 20.9 Å². The normalized spacial score (nSPS) is 14.8. The van der Waals surface area contributed by atoms with E-state index in [0.717, 1.165) is 9.80 Å². The summed E-state index contributed by atoms with van der Waals surface area (Å²) in [5.74, 6) is -8.60. The second kappa shape index (κ2) is 12.3. The molecule has 4 rings (SSSR count). The standard InChI is InChI=1S/C28H23F4N3O5S/c1-3-40-27(38)15-4-6-17(7-5-15)33-22(36)13-21-26(37)35(18-8-10-19(39-2)11-9-18)28(41)34(21)14-16-12-20(29)24(31)25(32)23(16)30/h4-12,21H,3,13-14H2,1-2H3,(H,33,36)/t21-/m0/s1. The number of ether oxygens (including phenoxy) is 2. The second-order valence-electron chi connectivity index (χ2n) is 8.81. The zero-order chi connectivity index (χ0) is 29.8. The molecule has 0 aromatic heterocycles. The van der Waals surface area contributed by atoms with Gasteiger partial charge in [0.2, 0.25) is 5.91 Å². The van der Waals surface area contributed by atoms with Crippen LogP contribution in [0.3, 0.4) is 0 Å². The Morgan fingerprint density at radius 3 is 2.24 bits per heavy atom. The second-order valence-corrected chi connectivity index (χ2v) is 9.17. The molecule has 1 saturated heterocycles. The van der Waals surface area contributed by atoms with Crippen molar-refractivity contribution in [3.05, 3.63) is 89.0 Å². The summed E-state index contributed by atoms with van der Waals surface area (Å²) in [6.45, 7) is 1.22. The lowest BCUT2D eigenvalue weighted by Gasteiger charge is -2.24. The predicted molar refractivity (Wildman–Crippen MR) is 144 cm³/mol. The Balaban J connectivity index is 1.61. The van der Waals surface area contributed by atoms with Crippen LogP contribution in [0.2, 0.25) is 0 Å². The van der Waals surface area contributed by atoms with E-state index in [9.17, 15) is 31.9 Å². The van der Waals surface area contributed by atoms with Gasteiger partial charge in [-0.2, -0.15) is 0 Å². The van der Waals surface area contributed by atoms with Gasteiger partial charge in [-0.15, -0.1) is 0 Å². The van der Waals surface area contributed by atoms with Gasteiger partial charge >= 0.3 is 5.97 Å². The molecular weight excluding hydrogens is 566 g/mol. The van der Waals surface area contributed by atoms with E-state index in [1.807, 2.05) is 0 Å². The van der Waals surface area contributed by atoms with Crippen LogP contribution in [0.1, 0.15) is 29.3 Å². The fourth-order valence-electron chi connectivity index (χ4n) is 4.19. The molecule has 0 unspecified atom stereocenters. The third-order valence-corrected chi connectivity index (χ3v) is 6.64. The number of carbonyl (C=O) groups is 3. The maximum Gasteiger partial charge on any atom is 0.338 e. The van der Waals surface area contributed by atoms with Gasteiger partial charge in [0.1, 0.15) is 11.8 Å². The summed E-state index contributed by atoms with van der Waals surface area (Å²) < 4.78 is 66.1. The highest BCUT2D eigenvalue weighted by Gasteiger charge is 2.44. The molecule has 8 nitrogen and oxygen atoms in total. The Morgan fingerprint density at radius 2 is 1.63 bits per heavy atom. The third kappa shape index (κ3) is 6.14. The summed E-state index contributed by atoms with van der Waals surface area (Å²) in [5, 5.41) is 2.44. The summed E-state index contributed by atoms with van der Waals surface area (Å²) >= 11 is 5.48. The summed E-state index contributed by atoms with van der Waals surface area (Å²) in [7, 11) is 1.46. The van der Waals surface area contributed by atoms with Gasteiger partial charge in [-0.1, -0.05) is 0 Å². The fraction of sp³-hybridized carbons (Fsp3) is 0.214. The molecule has 0 radical (unpaired) electrons. The number of carbonyl (C=O) groups excluding carboxylic acids is 3. The molecule has 2 amide bonds. The van der Waals surface area contributed by atoms with Crippen molar-refractivity contribution in [3.63, 3.8) is 0 Å². The van der Waals surface area contributed by atoms with Gasteiger partial charge < -0.3 is 19.7 Å². The van der Waals surface area contributed by atoms with E-state index in [2.05, 4.69) is 5.32 Å². The smallest absolute Gasteiger partial charge is 0.338 e. The molecule has 1 aliphatic heterocycles. The van der Waals surface area contributed by atoms with Gasteiger partial charge in [0, 0.05) is 17.8 Å². The van der Waals surface area contributed by atoms with E-state index in [1.165, 1.54) is 43.5 Å².